The molecule has 2 aromatic rings. The van der Waals surface area contributed by atoms with E-state index in [0.717, 1.165) is 6.07 Å². The fourth-order valence-corrected chi connectivity index (χ4v) is 1.64. The quantitative estimate of drug-likeness (QED) is 0.919. The number of aryl methyl sites for hydroxylation is 1. The monoisotopic (exact) mass is 258 g/mol. The summed E-state index contributed by atoms with van der Waals surface area (Å²) in [5.41, 5.74) is -0.703. The van der Waals surface area contributed by atoms with Gasteiger partial charge in [-0.25, -0.2) is 4.98 Å². The van der Waals surface area contributed by atoms with Gasteiger partial charge in [0.15, 0.2) is 0 Å². The van der Waals surface area contributed by atoms with Gasteiger partial charge in [-0.2, -0.15) is 13.2 Å². The number of carboxylic acids is 1. The van der Waals surface area contributed by atoms with Gasteiger partial charge in [-0.1, -0.05) is 0 Å². The van der Waals surface area contributed by atoms with Crippen molar-refractivity contribution in [3.05, 3.63) is 35.8 Å². The lowest BCUT2D eigenvalue weighted by atomic mass is 10.2. The normalized spacial score (nSPS) is 11.9. The maximum Gasteiger partial charge on any atom is 0.419 e. The number of rotatable bonds is 3. The summed E-state index contributed by atoms with van der Waals surface area (Å²) in [6, 6.07) is 2.22. The Balaban J connectivity index is 2.42. The molecule has 2 aromatic heterocycles. The first-order valence-corrected chi connectivity index (χ1v) is 5.13. The van der Waals surface area contributed by atoms with Gasteiger partial charge < -0.3 is 9.51 Å². The average Bonchev–Trinajstić information content (AvgIpc) is 2.66. The summed E-state index contributed by atoms with van der Waals surface area (Å²) in [5.74, 6) is -1.01. The first-order chi connectivity index (χ1) is 8.38. The first kappa shape index (κ1) is 12.4. The van der Waals surface area contributed by atoms with Gasteiger partial charge in [0.1, 0.15) is 5.65 Å². The SMILES string of the molecule is O=C(O)CCc1cn2cccc(C(F)(F)F)c2n1. The molecule has 0 bridgehead atoms. The Bertz CT molecular complexity index is 589. The van der Waals surface area contributed by atoms with Crippen molar-refractivity contribution in [1.29, 1.82) is 0 Å². The number of halogens is 3. The van der Waals surface area contributed by atoms with Crippen LogP contribution in [0.1, 0.15) is 17.7 Å². The van der Waals surface area contributed by atoms with Crippen molar-refractivity contribution in [3.63, 3.8) is 0 Å². The third-order valence-corrected chi connectivity index (χ3v) is 2.43. The molecule has 0 spiro atoms. The van der Waals surface area contributed by atoms with E-state index in [0.29, 0.717) is 5.69 Å². The van der Waals surface area contributed by atoms with Crippen molar-refractivity contribution in [2.75, 3.05) is 0 Å². The van der Waals surface area contributed by atoms with E-state index in [9.17, 15) is 18.0 Å². The molecule has 1 N–H and O–H groups in total. The van der Waals surface area contributed by atoms with Crippen LogP contribution >= 0.6 is 0 Å². The van der Waals surface area contributed by atoms with Gasteiger partial charge in [-0.05, 0) is 12.1 Å². The summed E-state index contributed by atoms with van der Waals surface area (Å²) in [5, 5.41) is 8.52. The Labute approximate surface area is 99.7 Å². The van der Waals surface area contributed by atoms with Gasteiger partial charge in [0.05, 0.1) is 17.7 Å². The van der Waals surface area contributed by atoms with Crippen LogP contribution in [-0.4, -0.2) is 20.5 Å². The molecule has 0 saturated heterocycles. The van der Waals surface area contributed by atoms with Crippen LogP contribution in [0, 0.1) is 0 Å². The van der Waals surface area contributed by atoms with Crippen LogP contribution in [0.25, 0.3) is 5.65 Å². The van der Waals surface area contributed by atoms with Crippen molar-refractivity contribution in [3.8, 4) is 0 Å². The number of hydrogen-bond donors (Lipinski definition) is 1. The lowest BCUT2D eigenvalue weighted by Gasteiger charge is -2.06. The molecule has 0 radical (unpaired) electrons. The Hall–Kier alpha value is -2.05. The highest BCUT2D eigenvalue weighted by Crippen LogP contribution is 2.31. The zero-order valence-electron chi connectivity index (χ0n) is 9.11. The highest BCUT2D eigenvalue weighted by molar-refractivity contribution is 5.67. The summed E-state index contributed by atoms with van der Waals surface area (Å²) in [6.45, 7) is 0. The third-order valence-electron chi connectivity index (χ3n) is 2.43. The molecule has 0 amide bonds. The second-order valence-electron chi connectivity index (χ2n) is 3.78. The number of fused-ring (bicyclic) bond motifs is 1. The van der Waals surface area contributed by atoms with Crippen molar-refractivity contribution >= 4 is 11.6 Å². The minimum Gasteiger partial charge on any atom is -0.481 e. The summed E-state index contributed by atoms with van der Waals surface area (Å²) >= 11 is 0. The molecule has 0 unspecified atom stereocenters. The van der Waals surface area contributed by atoms with Crippen molar-refractivity contribution in [2.24, 2.45) is 0 Å². The average molecular weight is 258 g/mol. The number of pyridine rings is 1. The number of carboxylic acid groups (broad SMARTS) is 1. The van der Waals surface area contributed by atoms with Gasteiger partial charge in [-0.3, -0.25) is 4.79 Å². The van der Waals surface area contributed by atoms with E-state index < -0.39 is 17.7 Å². The second kappa shape index (κ2) is 4.32. The van der Waals surface area contributed by atoms with Crippen LogP contribution in [0.4, 0.5) is 13.2 Å². The Kier molecular flexibility index (Phi) is 2.98. The second-order valence-corrected chi connectivity index (χ2v) is 3.78. The third kappa shape index (κ3) is 2.44. The molecule has 0 aromatic carbocycles. The molecule has 0 aliphatic carbocycles. The molecule has 0 fully saturated rings. The zero-order valence-corrected chi connectivity index (χ0v) is 9.11. The number of carbonyl (C=O) groups is 1. The van der Waals surface area contributed by atoms with Crippen LogP contribution in [0.15, 0.2) is 24.5 Å². The Morgan fingerprint density at radius 3 is 2.78 bits per heavy atom. The molecule has 2 heterocycles. The largest absolute Gasteiger partial charge is 0.481 e. The van der Waals surface area contributed by atoms with Crippen LogP contribution in [0.3, 0.4) is 0 Å². The van der Waals surface area contributed by atoms with E-state index in [4.69, 9.17) is 5.11 Å². The molecule has 4 nitrogen and oxygen atoms in total. The van der Waals surface area contributed by atoms with Crippen LogP contribution in [-0.2, 0) is 17.4 Å². The highest BCUT2D eigenvalue weighted by Gasteiger charge is 2.33. The molecule has 0 saturated carbocycles. The van der Waals surface area contributed by atoms with Gasteiger partial charge in [-0.15, -0.1) is 0 Å². The predicted molar refractivity (Wildman–Crippen MR) is 56.2 cm³/mol. The summed E-state index contributed by atoms with van der Waals surface area (Å²) in [6.07, 6.45) is -1.67. The number of aliphatic carboxylic acids is 1. The van der Waals surface area contributed by atoms with Crippen LogP contribution in [0.5, 0.6) is 0 Å². The zero-order chi connectivity index (χ0) is 13.3. The van der Waals surface area contributed by atoms with E-state index >= 15 is 0 Å². The fourth-order valence-electron chi connectivity index (χ4n) is 1.64. The van der Waals surface area contributed by atoms with E-state index in [1.54, 1.807) is 0 Å². The molecule has 7 heteroatoms. The highest BCUT2D eigenvalue weighted by atomic mass is 19.4. The van der Waals surface area contributed by atoms with Crippen molar-refractivity contribution in [1.82, 2.24) is 9.38 Å². The summed E-state index contributed by atoms with van der Waals surface area (Å²) in [7, 11) is 0. The summed E-state index contributed by atoms with van der Waals surface area (Å²) in [4.78, 5) is 14.2. The van der Waals surface area contributed by atoms with Crippen LogP contribution in [0.2, 0.25) is 0 Å². The van der Waals surface area contributed by atoms with Gasteiger partial charge in [0.25, 0.3) is 0 Å². The predicted octanol–water partition coefficient (Wildman–Crippen LogP) is 2.37. The maximum absolute atomic E-state index is 12.7. The number of imidazole rings is 1. The maximum atomic E-state index is 12.7. The first-order valence-electron chi connectivity index (χ1n) is 5.13. The van der Waals surface area contributed by atoms with E-state index in [1.165, 1.54) is 22.9 Å². The lowest BCUT2D eigenvalue weighted by Crippen LogP contribution is -2.07. The number of alkyl halides is 3. The molecule has 0 aliphatic rings. The molecule has 2 rings (SSSR count). The Morgan fingerprint density at radius 1 is 1.44 bits per heavy atom. The number of aromatic nitrogens is 2. The number of nitrogens with zero attached hydrogens (tertiary/aromatic N) is 2. The van der Waals surface area contributed by atoms with Gasteiger partial charge in [0, 0.05) is 18.8 Å². The van der Waals surface area contributed by atoms with Gasteiger partial charge >= 0.3 is 12.1 Å². The smallest absolute Gasteiger partial charge is 0.419 e. The molecule has 0 aliphatic heterocycles. The minimum absolute atomic E-state index is 0.105. The Morgan fingerprint density at radius 2 is 2.17 bits per heavy atom. The van der Waals surface area contributed by atoms with E-state index in [-0.39, 0.29) is 18.5 Å². The van der Waals surface area contributed by atoms with Crippen molar-refractivity contribution < 1.29 is 23.1 Å². The fraction of sp³-hybridized carbons (Fsp3) is 0.273. The molecule has 18 heavy (non-hydrogen) atoms. The summed E-state index contributed by atoms with van der Waals surface area (Å²) < 4.78 is 39.3. The number of hydrogen-bond acceptors (Lipinski definition) is 2. The van der Waals surface area contributed by atoms with Gasteiger partial charge in [0.2, 0.25) is 0 Å². The molecule has 0 atom stereocenters. The topological polar surface area (TPSA) is 54.6 Å². The molecule has 96 valence electrons. The molecular weight excluding hydrogens is 249 g/mol. The lowest BCUT2D eigenvalue weighted by molar-refractivity contribution is -0.137. The van der Waals surface area contributed by atoms with E-state index in [2.05, 4.69) is 4.98 Å². The molecular formula is C11H9F3N2O2. The van der Waals surface area contributed by atoms with Crippen LogP contribution < -0.4 is 0 Å². The van der Waals surface area contributed by atoms with Crippen molar-refractivity contribution in [2.45, 2.75) is 19.0 Å². The van der Waals surface area contributed by atoms with E-state index in [1.807, 2.05) is 0 Å². The standard InChI is InChI=1S/C11H9F3N2O2/c12-11(13,14)8-2-1-5-16-6-7(15-10(8)16)3-4-9(17)18/h1-2,5-6H,3-4H2,(H,17,18). The minimum atomic E-state index is -4.47.